The smallest absolute Gasteiger partial charge is 0.310 e. The van der Waals surface area contributed by atoms with Gasteiger partial charge in [0.15, 0.2) is 0 Å². The number of ether oxygens (including phenoxy) is 1. The molecule has 0 aromatic heterocycles. The molecule has 1 heterocycles. The van der Waals surface area contributed by atoms with E-state index in [1.54, 1.807) is 0 Å². The van der Waals surface area contributed by atoms with Crippen LogP contribution in [-0.4, -0.2) is 36.2 Å². The molecule has 0 spiro atoms. The Morgan fingerprint density at radius 3 is 2.64 bits per heavy atom. The third-order valence-corrected chi connectivity index (χ3v) is 2.33. The third-order valence-electron chi connectivity index (χ3n) is 2.33. The fraction of sp³-hybridized carbons (Fsp3) is 0.900. The van der Waals surface area contributed by atoms with Gasteiger partial charge in [0.1, 0.15) is 12.3 Å². The number of quaternary nitrogens is 1. The van der Waals surface area contributed by atoms with Crippen molar-refractivity contribution in [2.75, 3.05) is 19.8 Å². The predicted molar refractivity (Wildman–Crippen MR) is 53.3 cm³/mol. The molecule has 1 rings (SSSR count). The molecule has 0 radical (unpaired) electrons. The first kappa shape index (κ1) is 11.5. The summed E-state index contributed by atoms with van der Waals surface area (Å²) in [6.07, 6.45) is 0.907. The lowest BCUT2D eigenvalue weighted by atomic mass is 10.1. The van der Waals surface area contributed by atoms with E-state index in [0.29, 0.717) is 0 Å². The van der Waals surface area contributed by atoms with Crippen LogP contribution in [0.2, 0.25) is 0 Å². The van der Waals surface area contributed by atoms with Crippen LogP contribution in [-0.2, 0) is 9.53 Å². The molecular formula is C10H21N2O2+. The molecule has 0 aliphatic carbocycles. The Hall–Kier alpha value is -0.610. The zero-order valence-electron chi connectivity index (χ0n) is 9.38. The zero-order chi connectivity index (χ0) is 10.8. The first-order valence-electron chi connectivity index (χ1n) is 5.17. The number of likely N-dealkylation sites (tertiary alicyclic amines) is 1. The van der Waals surface area contributed by atoms with Crippen molar-refractivity contribution in [1.29, 1.82) is 0 Å². The summed E-state index contributed by atoms with van der Waals surface area (Å²) in [6.45, 7) is 8.25. The number of carbonyl (C=O) groups excluding carboxylic acids is 1. The van der Waals surface area contributed by atoms with E-state index in [2.05, 4.69) is 10.6 Å². The van der Waals surface area contributed by atoms with Gasteiger partial charge in [-0.2, -0.15) is 0 Å². The van der Waals surface area contributed by atoms with Gasteiger partial charge in [0, 0.05) is 13.1 Å². The van der Waals surface area contributed by atoms with Crippen molar-refractivity contribution in [2.24, 2.45) is 5.92 Å². The molecule has 3 N–H and O–H groups in total. The Kier molecular flexibility index (Phi) is 3.50. The maximum atomic E-state index is 11.7. The maximum absolute atomic E-state index is 11.7. The van der Waals surface area contributed by atoms with Crippen molar-refractivity contribution < 1.29 is 15.3 Å². The first-order valence-corrected chi connectivity index (χ1v) is 5.17. The van der Waals surface area contributed by atoms with Gasteiger partial charge in [-0.15, -0.1) is 0 Å². The average molecular weight is 201 g/mol. The van der Waals surface area contributed by atoms with Crippen molar-refractivity contribution in [2.45, 2.75) is 32.8 Å². The monoisotopic (exact) mass is 201 g/mol. The second-order valence-electron chi connectivity index (χ2n) is 4.82. The minimum atomic E-state index is -0.366. The third kappa shape index (κ3) is 3.27. The number of nitrogens with zero attached hydrogens (tertiary/aromatic N) is 1. The van der Waals surface area contributed by atoms with Gasteiger partial charge in [-0.05, 0) is 27.2 Å². The first-order chi connectivity index (χ1) is 6.42. The average Bonchev–Trinajstić information content (AvgIpc) is 2.48. The molecule has 1 fully saturated rings. The van der Waals surface area contributed by atoms with E-state index in [1.165, 1.54) is 0 Å². The second kappa shape index (κ2) is 4.28. The van der Waals surface area contributed by atoms with E-state index in [-0.39, 0.29) is 17.5 Å². The molecule has 1 saturated heterocycles. The highest BCUT2D eigenvalue weighted by atomic mass is 16.6. The molecule has 0 saturated carbocycles. The summed E-state index contributed by atoms with van der Waals surface area (Å²) < 4.78 is 5.33. The van der Waals surface area contributed by atoms with E-state index in [1.807, 2.05) is 20.8 Å². The molecule has 1 aliphatic rings. The summed E-state index contributed by atoms with van der Waals surface area (Å²) in [5.41, 5.74) is 3.44. The van der Waals surface area contributed by atoms with Gasteiger partial charge in [-0.3, -0.25) is 9.69 Å². The van der Waals surface area contributed by atoms with Crippen LogP contribution in [0.4, 0.5) is 0 Å². The Morgan fingerprint density at radius 1 is 1.57 bits per heavy atom. The van der Waals surface area contributed by atoms with Crippen molar-refractivity contribution in [3.63, 3.8) is 0 Å². The van der Waals surface area contributed by atoms with Crippen LogP contribution in [0.1, 0.15) is 27.2 Å². The summed E-state index contributed by atoms with van der Waals surface area (Å²) in [4.78, 5) is 13.8. The SMILES string of the molecule is CC(C)(C)OC(=O)[C@@H]1CCN(C[NH3+])C1. The topological polar surface area (TPSA) is 57.2 Å². The van der Waals surface area contributed by atoms with E-state index >= 15 is 0 Å². The van der Waals surface area contributed by atoms with Gasteiger partial charge in [0.2, 0.25) is 0 Å². The molecule has 0 aromatic carbocycles. The Labute approximate surface area is 85.4 Å². The van der Waals surface area contributed by atoms with E-state index in [0.717, 1.165) is 26.2 Å². The van der Waals surface area contributed by atoms with E-state index < -0.39 is 0 Å². The second-order valence-corrected chi connectivity index (χ2v) is 4.82. The number of hydrogen-bond donors (Lipinski definition) is 1. The van der Waals surface area contributed by atoms with Crippen molar-refractivity contribution in [3.8, 4) is 0 Å². The molecule has 0 aromatic rings. The minimum Gasteiger partial charge on any atom is -0.460 e. The maximum Gasteiger partial charge on any atom is 0.310 e. The lowest BCUT2D eigenvalue weighted by molar-refractivity contribution is -0.399. The standard InChI is InChI=1S/C10H20N2O2/c1-10(2,3)14-9(13)8-4-5-12(6-8)7-11/h8H,4-7,11H2,1-3H3/p+1/t8-/m1/s1. The molecule has 4 heteroatoms. The number of rotatable bonds is 2. The molecule has 1 aliphatic heterocycles. The molecule has 14 heavy (non-hydrogen) atoms. The van der Waals surface area contributed by atoms with Crippen LogP contribution < -0.4 is 5.73 Å². The van der Waals surface area contributed by atoms with E-state index in [9.17, 15) is 4.79 Å². The Balaban J connectivity index is 2.40. The van der Waals surface area contributed by atoms with Gasteiger partial charge in [-0.25, -0.2) is 0 Å². The largest absolute Gasteiger partial charge is 0.460 e. The normalized spacial score (nSPS) is 23.9. The van der Waals surface area contributed by atoms with Crippen molar-refractivity contribution in [3.05, 3.63) is 0 Å². The van der Waals surface area contributed by atoms with E-state index in [4.69, 9.17) is 4.74 Å². The fourth-order valence-corrected chi connectivity index (χ4v) is 1.61. The molecule has 4 nitrogen and oxygen atoms in total. The molecule has 0 amide bonds. The summed E-state index contributed by atoms with van der Waals surface area (Å²) in [7, 11) is 0. The summed E-state index contributed by atoms with van der Waals surface area (Å²) in [5.74, 6) is -0.00979. The number of esters is 1. The molecule has 0 unspecified atom stereocenters. The number of hydrogen-bond acceptors (Lipinski definition) is 3. The molecule has 1 atom stereocenters. The van der Waals surface area contributed by atoms with Crippen LogP contribution in [0.15, 0.2) is 0 Å². The fourth-order valence-electron chi connectivity index (χ4n) is 1.61. The van der Waals surface area contributed by atoms with Gasteiger partial charge in [0.05, 0.1) is 5.92 Å². The highest BCUT2D eigenvalue weighted by molar-refractivity contribution is 5.73. The predicted octanol–water partition coefficient (Wildman–Crippen LogP) is -0.151. The lowest BCUT2D eigenvalue weighted by Crippen LogP contribution is -2.58. The molecular weight excluding hydrogens is 180 g/mol. The van der Waals surface area contributed by atoms with Crippen LogP contribution in [0.5, 0.6) is 0 Å². The summed E-state index contributed by atoms with van der Waals surface area (Å²) in [5, 5.41) is 0. The Morgan fingerprint density at radius 2 is 2.21 bits per heavy atom. The van der Waals surface area contributed by atoms with Crippen LogP contribution >= 0.6 is 0 Å². The van der Waals surface area contributed by atoms with Gasteiger partial charge in [-0.1, -0.05) is 0 Å². The summed E-state index contributed by atoms with van der Waals surface area (Å²) >= 11 is 0. The highest BCUT2D eigenvalue weighted by Gasteiger charge is 2.31. The van der Waals surface area contributed by atoms with Crippen LogP contribution in [0.25, 0.3) is 0 Å². The minimum absolute atomic E-state index is 0.0518. The quantitative estimate of drug-likeness (QED) is 0.632. The lowest BCUT2D eigenvalue weighted by Gasteiger charge is -2.21. The Bertz CT molecular complexity index is 211. The molecule has 82 valence electrons. The highest BCUT2D eigenvalue weighted by Crippen LogP contribution is 2.19. The van der Waals surface area contributed by atoms with Gasteiger partial charge >= 0.3 is 5.97 Å². The van der Waals surface area contributed by atoms with Crippen molar-refractivity contribution in [1.82, 2.24) is 4.90 Å². The zero-order valence-corrected chi connectivity index (χ0v) is 9.38. The van der Waals surface area contributed by atoms with Gasteiger partial charge in [0.25, 0.3) is 0 Å². The number of carbonyl (C=O) groups is 1. The molecule has 0 bridgehead atoms. The van der Waals surface area contributed by atoms with Crippen molar-refractivity contribution >= 4 is 5.97 Å². The summed E-state index contributed by atoms with van der Waals surface area (Å²) in [6, 6.07) is 0. The van der Waals surface area contributed by atoms with Crippen LogP contribution in [0, 0.1) is 5.92 Å². The van der Waals surface area contributed by atoms with Crippen LogP contribution in [0.3, 0.4) is 0 Å². The van der Waals surface area contributed by atoms with Gasteiger partial charge < -0.3 is 10.5 Å².